The number of para-hydroxylation sites is 1. The van der Waals surface area contributed by atoms with Crippen LogP contribution < -0.4 is 0 Å². The van der Waals surface area contributed by atoms with Gasteiger partial charge in [-0.1, -0.05) is 23.7 Å². The second-order valence-corrected chi connectivity index (χ2v) is 4.55. The van der Waals surface area contributed by atoms with Crippen LogP contribution in [-0.4, -0.2) is 14.7 Å². The molecule has 1 atom stereocenters. The lowest BCUT2D eigenvalue weighted by Crippen LogP contribution is -2.03. The molecule has 0 aliphatic heterocycles. The number of rotatable bonds is 2. The number of hydrogen-bond donors (Lipinski definition) is 1. The Morgan fingerprint density at radius 2 is 2.28 bits per heavy atom. The maximum absolute atomic E-state index is 10.3. The number of aryl methyl sites for hydroxylation is 1. The third-order valence-electron chi connectivity index (χ3n) is 2.92. The van der Waals surface area contributed by atoms with Crippen molar-refractivity contribution >= 4 is 22.6 Å². The lowest BCUT2D eigenvalue weighted by atomic mass is 10.2. The summed E-state index contributed by atoms with van der Waals surface area (Å²) < 4.78 is 7.37. The highest BCUT2D eigenvalue weighted by molar-refractivity contribution is 6.34. The molecule has 0 radical (unpaired) electrons. The van der Waals surface area contributed by atoms with Crippen LogP contribution >= 0.6 is 11.6 Å². The molecule has 92 valence electrons. The van der Waals surface area contributed by atoms with Crippen molar-refractivity contribution in [1.29, 1.82) is 0 Å². The SMILES string of the molecule is Cn1cncc1C(O)c1cc2cccc(Cl)c2o1. The van der Waals surface area contributed by atoms with Crippen molar-refractivity contribution in [2.75, 3.05) is 0 Å². The third-order valence-corrected chi connectivity index (χ3v) is 3.22. The first-order valence-electron chi connectivity index (χ1n) is 5.49. The summed E-state index contributed by atoms with van der Waals surface area (Å²) in [6.07, 6.45) is 2.40. The van der Waals surface area contributed by atoms with E-state index in [0.717, 1.165) is 5.39 Å². The number of aromatic nitrogens is 2. The second kappa shape index (κ2) is 4.15. The molecule has 0 fully saturated rings. The van der Waals surface area contributed by atoms with Gasteiger partial charge in [-0.15, -0.1) is 0 Å². The average Bonchev–Trinajstić information content (AvgIpc) is 2.95. The highest BCUT2D eigenvalue weighted by atomic mass is 35.5. The fraction of sp³-hybridized carbons (Fsp3) is 0.154. The summed E-state index contributed by atoms with van der Waals surface area (Å²) in [5, 5.41) is 11.7. The van der Waals surface area contributed by atoms with Gasteiger partial charge in [-0.2, -0.15) is 0 Å². The first-order valence-corrected chi connectivity index (χ1v) is 5.87. The molecule has 0 bridgehead atoms. The molecule has 0 aliphatic carbocycles. The third kappa shape index (κ3) is 1.70. The fourth-order valence-corrected chi connectivity index (χ4v) is 2.18. The van der Waals surface area contributed by atoms with E-state index in [0.29, 0.717) is 22.1 Å². The minimum Gasteiger partial charge on any atom is -0.456 e. The Balaban J connectivity index is 2.10. The van der Waals surface area contributed by atoms with Crippen LogP contribution in [-0.2, 0) is 7.05 Å². The normalized spacial score (nSPS) is 13.1. The van der Waals surface area contributed by atoms with Gasteiger partial charge in [0.15, 0.2) is 11.7 Å². The van der Waals surface area contributed by atoms with Gasteiger partial charge in [0.05, 0.1) is 23.2 Å². The van der Waals surface area contributed by atoms with E-state index in [1.54, 1.807) is 29.2 Å². The summed E-state index contributed by atoms with van der Waals surface area (Å²) in [6.45, 7) is 0. The molecule has 5 heteroatoms. The largest absolute Gasteiger partial charge is 0.456 e. The van der Waals surface area contributed by atoms with Gasteiger partial charge in [-0.05, 0) is 12.1 Å². The van der Waals surface area contributed by atoms with E-state index in [9.17, 15) is 5.11 Å². The summed E-state index contributed by atoms with van der Waals surface area (Å²) in [5.41, 5.74) is 1.26. The molecule has 2 aromatic heterocycles. The number of halogens is 1. The second-order valence-electron chi connectivity index (χ2n) is 4.14. The minimum atomic E-state index is -0.846. The average molecular weight is 263 g/mol. The molecule has 4 nitrogen and oxygen atoms in total. The van der Waals surface area contributed by atoms with E-state index in [1.807, 2.05) is 19.2 Å². The van der Waals surface area contributed by atoms with Gasteiger partial charge in [0.1, 0.15) is 5.76 Å². The lowest BCUT2D eigenvalue weighted by Gasteiger charge is -2.07. The number of aliphatic hydroxyl groups is 1. The number of nitrogens with zero attached hydrogens (tertiary/aromatic N) is 2. The molecule has 1 aromatic carbocycles. The van der Waals surface area contributed by atoms with E-state index in [1.165, 1.54) is 0 Å². The van der Waals surface area contributed by atoms with Gasteiger partial charge < -0.3 is 14.1 Å². The van der Waals surface area contributed by atoms with Crippen molar-refractivity contribution < 1.29 is 9.52 Å². The Morgan fingerprint density at radius 1 is 1.44 bits per heavy atom. The standard InChI is InChI=1S/C13H11ClN2O2/c1-16-7-15-6-10(16)12(17)11-5-8-3-2-4-9(14)13(8)18-11/h2-7,12,17H,1H3. The summed E-state index contributed by atoms with van der Waals surface area (Å²) in [5.74, 6) is 0.460. The zero-order chi connectivity index (χ0) is 12.7. The maximum atomic E-state index is 10.3. The number of fused-ring (bicyclic) bond motifs is 1. The molecule has 18 heavy (non-hydrogen) atoms. The highest BCUT2D eigenvalue weighted by Crippen LogP contribution is 2.31. The van der Waals surface area contributed by atoms with Crippen LogP contribution in [0.1, 0.15) is 17.6 Å². The molecular weight excluding hydrogens is 252 g/mol. The monoisotopic (exact) mass is 262 g/mol. The molecule has 3 rings (SSSR count). The van der Waals surface area contributed by atoms with Crippen LogP contribution in [0, 0.1) is 0 Å². The Kier molecular flexibility index (Phi) is 2.61. The van der Waals surface area contributed by atoms with Crippen molar-refractivity contribution in [3.63, 3.8) is 0 Å². The summed E-state index contributed by atoms with van der Waals surface area (Å²) in [7, 11) is 1.82. The van der Waals surface area contributed by atoms with E-state index < -0.39 is 6.10 Å². The Hall–Kier alpha value is -1.78. The van der Waals surface area contributed by atoms with E-state index in [-0.39, 0.29) is 0 Å². The first kappa shape index (κ1) is 11.3. The smallest absolute Gasteiger partial charge is 0.153 e. The summed E-state index contributed by atoms with van der Waals surface area (Å²) >= 11 is 6.04. The molecule has 2 heterocycles. The van der Waals surface area contributed by atoms with Gasteiger partial charge >= 0.3 is 0 Å². The topological polar surface area (TPSA) is 51.2 Å². The summed E-state index contributed by atoms with van der Waals surface area (Å²) in [6, 6.07) is 7.29. The maximum Gasteiger partial charge on any atom is 0.153 e. The molecule has 0 saturated heterocycles. The van der Waals surface area contributed by atoms with Crippen molar-refractivity contribution in [3.05, 3.63) is 53.3 Å². The Labute approximate surface area is 108 Å². The van der Waals surface area contributed by atoms with Crippen molar-refractivity contribution in [3.8, 4) is 0 Å². The zero-order valence-electron chi connectivity index (χ0n) is 9.67. The van der Waals surface area contributed by atoms with E-state index in [4.69, 9.17) is 16.0 Å². The van der Waals surface area contributed by atoms with Crippen molar-refractivity contribution in [1.82, 2.24) is 9.55 Å². The van der Waals surface area contributed by atoms with Gasteiger partial charge in [0.2, 0.25) is 0 Å². The molecule has 1 N–H and O–H groups in total. The lowest BCUT2D eigenvalue weighted by molar-refractivity contribution is 0.184. The van der Waals surface area contributed by atoms with E-state index >= 15 is 0 Å². The zero-order valence-corrected chi connectivity index (χ0v) is 10.4. The van der Waals surface area contributed by atoms with Crippen LogP contribution in [0.25, 0.3) is 11.0 Å². The number of imidazole rings is 1. The van der Waals surface area contributed by atoms with E-state index in [2.05, 4.69) is 4.98 Å². The van der Waals surface area contributed by atoms with Crippen molar-refractivity contribution in [2.24, 2.45) is 7.05 Å². The minimum absolute atomic E-state index is 0.460. The fourth-order valence-electron chi connectivity index (χ4n) is 1.96. The van der Waals surface area contributed by atoms with Crippen LogP contribution in [0.2, 0.25) is 5.02 Å². The Morgan fingerprint density at radius 3 is 2.94 bits per heavy atom. The molecule has 0 amide bonds. The van der Waals surface area contributed by atoms with Crippen LogP contribution in [0.15, 0.2) is 41.2 Å². The molecule has 3 aromatic rings. The molecule has 1 unspecified atom stereocenters. The quantitative estimate of drug-likeness (QED) is 0.773. The van der Waals surface area contributed by atoms with Crippen LogP contribution in [0.3, 0.4) is 0 Å². The van der Waals surface area contributed by atoms with Gasteiger partial charge in [0, 0.05) is 12.4 Å². The van der Waals surface area contributed by atoms with Crippen LogP contribution in [0.4, 0.5) is 0 Å². The number of benzene rings is 1. The predicted molar refractivity (Wildman–Crippen MR) is 68.5 cm³/mol. The van der Waals surface area contributed by atoms with Gasteiger partial charge in [-0.25, -0.2) is 4.98 Å². The van der Waals surface area contributed by atoms with Gasteiger partial charge in [0.25, 0.3) is 0 Å². The Bertz CT molecular complexity index is 702. The predicted octanol–water partition coefficient (Wildman–Crippen LogP) is 2.90. The molecule has 0 saturated carbocycles. The number of hydrogen-bond acceptors (Lipinski definition) is 3. The highest BCUT2D eigenvalue weighted by Gasteiger charge is 2.19. The summed E-state index contributed by atoms with van der Waals surface area (Å²) in [4.78, 5) is 3.98. The van der Waals surface area contributed by atoms with Crippen LogP contribution in [0.5, 0.6) is 0 Å². The molecule has 0 spiro atoms. The van der Waals surface area contributed by atoms with Gasteiger partial charge in [-0.3, -0.25) is 0 Å². The number of aliphatic hydroxyl groups excluding tert-OH is 1. The molecular formula is C13H11ClN2O2. The van der Waals surface area contributed by atoms with Crippen molar-refractivity contribution in [2.45, 2.75) is 6.10 Å². The number of furan rings is 1. The first-order chi connectivity index (χ1) is 8.66. The molecule has 0 aliphatic rings.